The van der Waals surface area contributed by atoms with Crippen molar-refractivity contribution >= 4 is 5.91 Å². The van der Waals surface area contributed by atoms with Gasteiger partial charge in [0.05, 0.1) is 5.41 Å². The minimum Gasteiger partial charge on any atom is -0.396 e. The summed E-state index contributed by atoms with van der Waals surface area (Å²) in [5.74, 6) is 0.265. The van der Waals surface area contributed by atoms with E-state index in [4.69, 9.17) is 5.11 Å². The third-order valence-corrected chi connectivity index (χ3v) is 3.76. The van der Waals surface area contributed by atoms with Gasteiger partial charge >= 0.3 is 0 Å². The van der Waals surface area contributed by atoms with E-state index >= 15 is 0 Å². The molecule has 0 saturated carbocycles. The van der Waals surface area contributed by atoms with Crippen LogP contribution in [0.15, 0.2) is 0 Å². The number of aliphatic hydroxyl groups excluding tert-OH is 1. The summed E-state index contributed by atoms with van der Waals surface area (Å²) in [7, 11) is 1.86. The minimum absolute atomic E-state index is 0.144. The van der Waals surface area contributed by atoms with E-state index in [1.807, 2.05) is 11.9 Å². The van der Waals surface area contributed by atoms with Crippen LogP contribution in [0.25, 0.3) is 0 Å². The van der Waals surface area contributed by atoms with Crippen molar-refractivity contribution in [1.29, 1.82) is 0 Å². The summed E-state index contributed by atoms with van der Waals surface area (Å²) >= 11 is 0. The summed E-state index contributed by atoms with van der Waals surface area (Å²) in [6.07, 6.45) is 3.45. The number of amides is 1. The number of aliphatic hydroxyl groups is 1. The Balaban J connectivity index is 2.79. The van der Waals surface area contributed by atoms with E-state index in [9.17, 15) is 4.79 Å². The highest BCUT2D eigenvalue weighted by atomic mass is 16.3. The van der Waals surface area contributed by atoms with Gasteiger partial charge in [-0.15, -0.1) is 0 Å². The second-order valence-corrected chi connectivity index (χ2v) is 4.27. The lowest BCUT2D eigenvalue weighted by atomic mass is 9.79. The average molecular weight is 199 g/mol. The first-order valence-electron chi connectivity index (χ1n) is 5.49. The van der Waals surface area contributed by atoms with E-state index in [-0.39, 0.29) is 24.0 Å². The summed E-state index contributed by atoms with van der Waals surface area (Å²) in [6.45, 7) is 4.33. The highest BCUT2D eigenvalue weighted by Gasteiger charge is 2.47. The van der Waals surface area contributed by atoms with Crippen LogP contribution in [0.5, 0.6) is 0 Å². The molecule has 1 unspecified atom stereocenters. The number of hydrogen-bond donors (Lipinski definition) is 1. The molecule has 0 aliphatic carbocycles. The number of carbonyl (C=O) groups is 1. The lowest BCUT2D eigenvalue weighted by Crippen LogP contribution is -2.33. The van der Waals surface area contributed by atoms with Crippen LogP contribution in [0, 0.1) is 5.41 Å². The van der Waals surface area contributed by atoms with Gasteiger partial charge in [0, 0.05) is 19.7 Å². The van der Waals surface area contributed by atoms with E-state index in [1.165, 1.54) is 0 Å². The molecule has 0 radical (unpaired) electrons. The maximum absolute atomic E-state index is 12.0. The first kappa shape index (κ1) is 11.5. The third-order valence-electron chi connectivity index (χ3n) is 3.76. The molecule has 0 aromatic carbocycles. The molecule has 82 valence electrons. The summed E-state index contributed by atoms with van der Waals surface area (Å²) < 4.78 is 0. The second kappa shape index (κ2) is 4.30. The van der Waals surface area contributed by atoms with Crippen molar-refractivity contribution in [3.8, 4) is 0 Å². The van der Waals surface area contributed by atoms with Crippen LogP contribution in [0.3, 0.4) is 0 Å². The summed E-state index contributed by atoms with van der Waals surface area (Å²) in [5.41, 5.74) is -0.144. The van der Waals surface area contributed by atoms with Crippen molar-refractivity contribution in [2.24, 2.45) is 5.41 Å². The molecule has 0 spiro atoms. The molecule has 3 heteroatoms. The van der Waals surface area contributed by atoms with Crippen LogP contribution < -0.4 is 0 Å². The second-order valence-electron chi connectivity index (χ2n) is 4.27. The molecule has 0 aromatic rings. The molecule has 1 heterocycles. The number of nitrogens with zero attached hydrogens (tertiary/aromatic N) is 1. The van der Waals surface area contributed by atoms with E-state index in [0.29, 0.717) is 6.42 Å². The van der Waals surface area contributed by atoms with Gasteiger partial charge in [-0.3, -0.25) is 4.79 Å². The zero-order chi connectivity index (χ0) is 10.8. The van der Waals surface area contributed by atoms with Gasteiger partial charge in [0.15, 0.2) is 0 Å². The van der Waals surface area contributed by atoms with Crippen molar-refractivity contribution < 1.29 is 9.90 Å². The van der Waals surface area contributed by atoms with Gasteiger partial charge in [0.25, 0.3) is 0 Å². The molecular weight excluding hydrogens is 178 g/mol. The van der Waals surface area contributed by atoms with Crippen LogP contribution in [0.4, 0.5) is 0 Å². The van der Waals surface area contributed by atoms with Crippen LogP contribution in [0.2, 0.25) is 0 Å². The zero-order valence-electron chi connectivity index (χ0n) is 9.42. The van der Waals surface area contributed by atoms with Gasteiger partial charge in [0.1, 0.15) is 0 Å². The first-order valence-corrected chi connectivity index (χ1v) is 5.49. The van der Waals surface area contributed by atoms with Gasteiger partial charge in [-0.1, -0.05) is 13.8 Å². The summed E-state index contributed by atoms with van der Waals surface area (Å²) in [4.78, 5) is 13.8. The molecule has 3 nitrogen and oxygen atoms in total. The molecule has 1 rings (SSSR count). The van der Waals surface area contributed by atoms with Crippen LogP contribution >= 0.6 is 0 Å². The number of rotatable bonds is 4. The maximum atomic E-state index is 12.0. The van der Waals surface area contributed by atoms with Gasteiger partial charge < -0.3 is 10.0 Å². The third kappa shape index (κ3) is 1.65. The zero-order valence-corrected chi connectivity index (χ0v) is 9.42. The Morgan fingerprint density at radius 2 is 2.07 bits per heavy atom. The van der Waals surface area contributed by atoms with E-state index in [2.05, 4.69) is 13.8 Å². The van der Waals surface area contributed by atoms with Crippen molar-refractivity contribution in [2.45, 2.75) is 45.6 Å². The van der Waals surface area contributed by atoms with Gasteiger partial charge in [0.2, 0.25) is 5.91 Å². The molecule has 1 aliphatic heterocycles. The molecule has 1 atom stereocenters. The van der Waals surface area contributed by atoms with E-state index < -0.39 is 0 Å². The normalized spacial score (nSPS) is 25.9. The largest absolute Gasteiger partial charge is 0.396 e. The summed E-state index contributed by atoms with van der Waals surface area (Å²) in [5, 5.41) is 8.91. The molecule has 1 aliphatic rings. The average Bonchev–Trinajstić information content (AvgIpc) is 2.44. The Labute approximate surface area is 86.1 Å². The smallest absolute Gasteiger partial charge is 0.228 e. The van der Waals surface area contributed by atoms with Crippen LogP contribution in [-0.4, -0.2) is 35.6 Å². The monoisotopic (exact) mass is 199 g/mol. The molecule has 0 bridgehead atoms. The topological polar surface area (TPSA) is 40.5 Å². The van der Waals surface area contributed by atoms with Crippen LogP contribution in [-0.2, 0) is 4.79 Å². The predicted molar refractivity (Wildman–Crippen MR) is 55.9 cm³/mol. The van der Waals surface area contributed by atoms with Gasteiger partial charge in [-0.2, -0.15) is 0 Å². The molecule has 14 heavy (non-hydrogen) atoms. The van der Waals surface area contributed by atoms with Crippen LogP contribution in [0.1, 0.15) is 39.5 Å². The van der Waals surface area contributed by atoms with Crippen molar-refractivity contribution in [1.82, 2.24) is 4.90 Å². The van der Waals surface area contributed by atoms with E-state index in [1.54, 1.807) is 0 Å². The highest BCUT2D eigenvalue weighted by molar-refractivity contribution is 5.85. The van der Waals surface area contributed by atoms with Crippen molar-refractivity contribution in [2.75, 3.05) is 13.7 Å². The Morgan fingerprint density at radius 3 is 2.43 bits per heavy atom. The number of likely N-dealkylation sites (tertiary alicyclic amines) is 1. The molecule has 0 aromatic heterocycles. The predicted octanol–water partition coefficient (Wildman–Crippen LogP) is 1.41. The first-order chi connectivity index (χ1) is 6.61. The van der Waals surface area contributed by atoms with E-state index in [0.717, 1.165) is 19.3 Å². The maximum Gasteiger partial charge on any atom is 0.228 e. The minimum atomic E-state index is -0.144. The number of carbonyl (C=O) groups excluding carboxylic acids is 1. The lowest BCUT2D eigenvalue weighted by Gasteiger charge is -2.23. The molecule has 1 fully saturated rings. The summed E-state index contributed by atoms with van der Waals surface area (Å²) in [6, 6.07) is 0.243. The fourth-order valence-electron chi connectivity index (χ4n) is 2.50. The SMILES string of the molecule is CCC1(CC)CC(CCO)N(C)C1=O. The lowest BCUT2D eigenvalue weighted by molar-refractivity contribution is -0.136. The van der Waals surface area contributed by atoms with Crippen molar-refractivity contribution in [3.63, 3.8) is 0 Å². The quantitative estimate of drug-likeness (QED) is 0.743. The van der Waals surface area contributed by atoms with Crippen molar-refractivity contribution in [3.05, 3.63) is 0 Å². The molecule has 1 N–H and O–H groups in total. The molecule has 1 amide bonds. The molecule has 1 saturated heterocycles. The molecular formula is C11H21NO2. The highest BCUT2D eigenvalue weighted by Crippen LogP contribution is 2.41. The fourth-order valence-corrected chi connectivity index (χ4v) is 2.50. The Morgan fingerprint density at radius 1 is 1.50 bits per heavy atom. The Kier molecular flexibility index (Phi) is 3.53. The Hall–Kier alpha value is -0.570. The standard InChI is InChI=1S/C11H21NO2/c1-4-11(5-2)8-9(6-7-13)12(3)10(11)14/h9,13H,4-8H2,1-3H3. The van der Waals surface area contributed by atoms with Gasteiger partial charge in [-0.25, -0.2) is 0 Å². The Bertz CT molecular complexity index is 211. The van der Waals surface area contributed by atoms with Gasteiger partial charge in [-0.05, 0) is 25.7 Å². The fraction of sp³-hybridized carbons (Fsp3) is 0.909. The number of hydrogen-bond acceptors (Lipinski definition) is 2.